The van der Waals surface area contributed by atoms with E-state index in [0.717, 1.165) is 6.42 Å². The number of allylic oxidation sites excluding steroid dienone is 4. The van der Waals surface area contributed by atoms with Gasteiger partial charge in [0, 0.05) is 0 Å². The van der Waals surface area contributed by atoms with Crippen LogP contribution in [0, 0.1) is 0 Å². The van der Waals surface area contributed by atoms with Crippen molar-refractivity contribution >= 4 is 3.21 Å². The van der Waals surface area contributed by atoms with Gasteiger partial charge in [0.05, 0.1) is 0 Å². The van der Waals surface area contributed by atoms with E-state index in [0.29, 0.717) is 3.63 Å². The van der Waals surface area contributed by atoms with Gasteiger partial charge in [0.2, 0.25) is 0 Å². The van der Waals surface area contributed by atoms with E-state index in [1.165, 1.54) is 55.6 Å². The molecule has 3 heteroatoms. The number of halogens is 2. The van der Waals surface area contributed by atoms with Gasteiger partial charge in [0.25, 0.3) is 0 Å². The molecule has 310 valence electrons. The molecule has 0 fully saturated rings. The molecule has 0 saturated carbocycles. The van der Waals surface area contributed by atoms with Crippen LogP contribution in [-0.4, -0.2) is 3.21 Å². The minimum absolute atomic E-state index is 0. The molecule has 0 radical (unpaired) electrons. The number of benzene rings is 4. The molecule has 6 rings (SSSR count). The normalized spacial score (nSPS) is 14.5. The fraction of sp³-hybridized carbons (Fsp3) is 0.473. The van der Waals surface area contributed by atoms with Crippen molar-refractivity contribution in [1.82, 2.24) is 0 Å². The van der Waals surface area contributed by atoms with Gasteiger partial charge in [0.1, 0.15) is 0 Å². The molecule has 0 nitrogen and oxygen atoms in total. The van der Waals surface area contributed by atoms with Gasteiger partial charge >= 0.3 is 353 Å². The second-order valence-corrected chi connectivity index (χ2v) is 29.4. The maximum atomic E-state index is 2.71. The second kappa shape index (κ2) is 16.5. The molecule has 0 spiro atoms. The van der Waals surface area contributed by atoms with Crippen molar-refractivity contribution in [3.8, 4) is 11.1 Å². The predicted octanol–water partition coefficient (Wildman–Crippen LogP) is 9.28. The third kappa shape index (κ3) is 9.59. The summed E-state index contributed by atoms with van der Waals surface area (Å²) in [6, 6.07) is 30.3. The fourth-order valence-electron chi connectivity index (χ4n) is 9.03. The van der Waals surface area contributed by atoms with Crippen LogP contribution in [0.4, 0.5) is 0 Å². The smallest absolute Gasteiger partial charge is 1.00 e. The van der Waals surface area contributed by atoms with Gasteiger partial charge in [-0.3, -0.25) is 0 Å². The zero-order valence-electron chi connectivity index (χ0n) is 39.2. The molecular weight excluding hydrogens is 823 g/mol. The van der Waals surface area contributed by atoms with Crippen LogP contribution in [0.25, 0.3) is 11.1 Å². The second-order valence-electron chi connectivity index (χ2n) is 23.2. The fourth-order valence-corrected chi connectivity index (χ4v) is 18.0. The van der Waals surface area contributed by atoms with E-state index in [1.54, 1.807) is 17.6 Å². The maximum absolute atomic E-state index is 2.95. The summed E-state index contributed by atoms with van der Waals surface area (Å²) in [4.78, 5) is 0. The standard InChI is InChI=1S/C29H41.C21H26.C5H5.2ClH.Zr/c1-26(2,3)22-14-18-13-19-15-23(27(4,5)6)25(29(10,11)12)17-21(19)20(18)16-24(22)28(7,8)9;1-20(2,3)18-11-7-16(8-12-18)15-17-9-13-19(14-10-17)21(4,5)6;1-2-4-5-3-1;;;/h13-17H,1-12H3;7-14H,1-6H3;1-3H,4H2;2*1H;/q;;;;;+2/p-2. The number of rotatable bonds is 4. The van der Waals surface area contributed by atoms with Crippen molar-refractivity contribution in [2.75, 3.05) is 0 Å². The van der Waals surface area contributed by atoms with Crippen LogP contribution in [0.15, 0.2) is 94.3 Å². The molecule has 4 aromatic carbocycles. The van der Waals surface area contributed by atoms with Gasteiger partial charge in [-0.05, 0) is 0 Å². The molecule has 0 aromatic heterocycles. The van der Waals surface area contributed by atoms with Gasteiger partial charge < -0.3 is 24.8 Å². The van der Waals surface area contributed by atoms with E-state index in [1.807, 2.05) is 0 Å². The average molecular weight is 895 g/mol. The first-order valence-electron chi connectivity index (χ1n) is 21.3. The predicted molar refractivity (Wildman–Crippen MR) is 244 cm³/mol. The molecule has 0 unspecified atom stereocenters. The SMILES string of the molecule is CC(C)(C)c1ccc([C](c2ccc(C(C)(C)C)cc2)=[Zr+2]([C]2=CC=CC2)[CH]2c3cc(C(C)(C)C)c(C(C)(C)C)cc3-c3cc(C(C)(C)C)c(C(C)(C)C)cc32)cc1.[Cl-].[Cl-]. The summed E-state index contributed by atoms with van der Waals surface area (Å²) >= 11 is -2.95. The summed E-state index contributed by atoms with van der Waals surface area (Å²) in [5.74, 6) is 0. The minimum atomic E-state index is -2.95. The Labute approximate surface area is 374 Å². The van der Waals surface area contributed by atoms with E-state index in [-0.39, 0.29) is 57.3 Å². The molecule has 2 aliphatic carbocycles. The van der Waals surface area contributed by atoms with Crippen LogP contribution in [0.1, 0.15) is 190 Å². The van der Waals surface area contributed by atoms with Crippen molar-refractivity contribution in [3.05, 3.63) is 150 Å². The Kier molecular flexibility index (Phi) is 13.8. The first kappa shape index (κ1) is 48.4. The summed E-state index contributed by atoms with van der Waals surface area (Å²) < 4.78 is 3.67. The molecule has 0 saturated heterocycles. The zero-order chi connectivity index (χ0) is 41.6. The Morgan fingerprint density at radius 1 is 0.448 bits per heavy atom. The maximum Gasteiger partial charge on any atom is -1.00 e. The van der Waals surface area contributed by atoms with Crippen LogP contribution >= 0.6 is 0 Å². The molecule has 0 N–H and O–H groups in total. The molecule has 0 amide bonds. The third-order valence-electron chi connectivity index (χ3n) is 12.3. The van der Waals surface area contributed by atoms with E-state index in [2.05, 4.69) is 216 Å². The van der Waals surface area contributed by atoms with Crippen LogP contribution in [0.5, 0.6) is 0 Å². The van der Waals surface area contributed by atoms with Crippen LogP contribution in [0.3, 0.4) is 0 Å². The summed E-state index contributed by atoms with van der Waals surface area (Å²) in [6.45, 7) is 43.0. The van der Waals surface area contributed by atoms with Crippen molar-refractivity contribution in [1.29, 1.82) is 0 Å². The topological polar surface area (TPSA) is 0 Å². The molecule has 58 heavy (non-hydrogen) atoms. The van der Waals surface area contributed by atoms with Crippen LogP contribution in [-0.2, 0) is 53.8 Å². The van der Waals surface area contributed by atoms with Crippen molar-refractivity contribution in [3.63, 3.8) is 0 Å². The van der Waals surface area contributed by atoms with Crippen molar-refractivity contribution in [2.45, 2.75) is 167 Å². The Morgan fingerprint density at radius 3 is 1.05 bits per heavy atom. The Bertz CT molecular complexity index is 2090. The van der Waals surface area contributed by atoms with Gasteiger partial charge in [-0.1, -0.05) is 0 Å². The van der Waals surface area contributed by atoms with E-state index < -0.39 is 21.3 Å². The average Bonchev–Trinajstić information content (AvgIpc) is 3.70. The first-order valence-corrected chi connectivity index (χ1v) is 25.2. The van der Waals surface area contributed by atoms with Gasteiger partial charge in [0.15, 0.2) is 0 Å². The van der Waals surface area contributed by atoms with Crippen molar-refractivity contribution < 1.29 is 46.1 Å². The van der Waals surface area contributed by atoms with Gasteiger partial charge in [-0.25, -0.2) is 0 Å². The molecule has 4 aromatic rings. The Balaban J connectivity index is 0.00000372. The molecule has 0 aliphatic heterocycles. The van der Waals surface area contributed by atoms with Crippen molar-refractivity contribution in [2.24, 2.45) is 0 Å². The minimum Gasteiger partial charge on any atom is -1.00 e. The molecular formula is C55H72Cl2Zr. The Hall–Kier alpha value is -2.31. The molecule has 2 aliphatic rings. The van der Waals surface area contributed by atoms with Gasteiger partial charge in [-0.2, -0.15) is 0 Å². The summed E-state index contributed by atoms with van der Waals surface area (Å²) in [5.41, 5.74) is 17.9. The quantitative estimate of drug-likeness (QED) is 0.192. The van der Waals surface area contributed by atoms with Crippen LogP contribution < -0.4 is 24.8 Å². The summed E-state index contributed by atoms with van der Waals surface area (Å²) in [7, 11) is 0. The molecule has 0 bridgehead atoms. The number of hydrogen-bond acceptors (Lipinski definition) is 0. The monoisotopic (exact) mass is 892 g/mol. The number of fused-ring (bicyclic) bond motifs is 3. The number of hydrogen-bond donors (Lipinski definition) is 0. The largest absolute Gasteiger partial charge is 1.00 e. The third-order valence-corrected chi connectivity index (χ3v) is 20.6. The van der Waals surface area contributed by atoms with E-state index in [4.69, 9.17) is 0 Å². The first-order chi connectivity index (χ1) is 25.6. The van der Waals surface area contributed by atoms with E-state index >= 15 is 0 Å². The summed E-state index contributed by atoms with van der Waals surface area (Å²) in [5, 5.41) is 0. The van der Waals surface area contributed by atoms with Gasteiger partial charge in [-0.15, -0.1) is 0 Å². The molecule has 0 heterocycles. The zero-order valence-corrected chi connectivity index (χ0v) is 43.2. The molecule has 0 atom stereocenters. The van der Waals surface area contributed by atoms with E-state index in [9.17, 15) is 0 Å². The summed E-state index contributed by atoms with van der Waals surface area (Å²) in [6.07, 6.45) is 8.35. The van der Waals surface area contributed by atoms with Crippen LogP contribution in [0.2, 0.25) is 0 Å². The Morgan fingerprint density at radius 2 is 0.776 bits per heavy atom.